The van der Waals surface area contributed by atoms with Gasteiger partial charge in [-0.25, -0.2) is 13.5 Å². The van der Waals surface area contributed by atoms with E-state index in [1.807, 2.05) is 5.32 Å². The second-order valence-electron chi connectivity index (χ2n) is 3.39. The van der Waals surface area contributed by atoms with Gasteiger partial charge in [-0.3, -0.25) is 4.79 Å². The number of nitrogens with zero attached hydrogens (tertiary/aromatic N) is 2. The molecule has 0 unspecified atom stereocenters. The van der Waals surface area contributed by atoms with Crippen molar-refractivity contribution >= 4 is 5.91 Å². The van der Waals surface area contributed by atoms with Crippen LogP contribution < -0.4 is 10.1 Å². The zero-order chi connectivity index (χ0) is 13.1. The number of aromatic nitrogens is 2. The van der Waals surface area contributed by atoms with Crippen molar-refractivity contribution in [1.29, 1.82) is 0 Å². The number of aliphatic hydroxyl groups is 1. The van der Waals surface area contributed by atoms with E-state index < -0.39 is 25.0 Å². The Morgan fingerprint density at radius 1 is 1.71 bits per heavy atom. The summed E-state index contributed by atoms with van der Waals surface area (Å²) in [5, 5.41) is 14.1. The third-order valence-corrected chi connectivity index (χ3v) is 2.02. The Labute approximate surface area is 96.2 Å². The third kappa shape index (κ3) is 3.38. The van der Waals surface area contributed by atoms with E-state index in [-0.39, 0.29) is 5.69 Å². The molecule has 0 saturated carbocycles. The Bertz CT molecular complexity index is 406. The number of aliphatic hydroxyl groups excluding tert-OH is 1. The van der Waals surface area contributed by atoms with Crippen LogP contribution in [0.2, 0.25) is 0 Å². The standard InChI is InChI=1S/C9H13F2N3O3/c1-14-7(17-2)3-6(13-14)8(16)12-4-9(10,11)5-15/h3,15H,4-5H2,1-2H3,(H,12,16). The molecule has 0 radical (unpaired) electrons. The number of ether oxygens (including phenoxy) is 1. The molecule has 0 aliphatic carbocycles. The van der Waals surface area contributed by atoms with E-state index in [1.165, 1.54) is 17.9 Å². The fourth-order valence-corrected chi connectivity index (χ4v) is 1.11. The zero-order valence-corrected chi connectivity index (χ0v) is 9.41. The maximum Gasteiger partial charge on any atom is 0.287 e. The molecule has 2 N–H and O–H groups in total. The molecule has 96 valence electrons. The first-order chi connectivity index (χ1) is 7.89. The molecule has 6 nitrogen and oxygen atoms in total. The van der Waals surface area contributed by atoms with Crippen LogP contribution in [0.5, 0.6) is 5.88 Å². The first kappa shape index (κ1) is 13.4. The van der Waals surface area contributed by atoms with Gasteiger partial charge in [0.15, 0.2) is 5.69 Å². The van der Waals surface area contributed by atoms with Crippen molar-refractivity contribution in [2.24, 2.45) is 7.05 Å². The van der Waals surface area contributed by atoms with Gasteiger partial charge in [0.25, 0.3) is 11.8 Å². The van der Waals surface area contributed by atoms with E-state index in [4.69, 9.17) is 9.84 Å². The number of hydrogen-bond acceptors (Lipinski definition) is 4. The van der Waals surface area contributed by atoms with Gasteiger partial charge >= 0.3 is 0 Å². The van der Waals surface area contributed by atoms with Crippen LogP contribution in [0.3, 0.4) is 0 Å². The van der Waals surface area contributed by atoms with Crippen LogP contribution in [0, 0.1) is 0 Å². The molecule has 1 aromatic rings. The summed E-state index contributed by atoms with van der Waals surface area (Å²) >= 11 is 0. The largest absolute Gasteiger partial charge is 0.481 e. The minimum Gasteiger partial charge on any atom is -0.481 e. The SMILES string of the molecule is COc1cc(C(=O)NCC(F)(F)CO)nn1C. The number of hydrogen-bond donors (Lipinski definition) is 2. The van der Waals surface area contributed by atoms with E-state index in [2.05, 4.69) is 5.10 Å². The molecule has 8 heteroatoms. The van der Waals surface area contributed by atoms with E-state index in [1.54, 1.807) is 7.05 Å². The second-order valence-corrected chi connectivity index (χ2v) is 3.39. The van der Waals surface area contributed by atoms with Crippen LogP contribution >= 0.6 is 0 Å². The lowest BCUT2D eigenvalue weighted by molar-refractivity contribution is -0.0462. The highest BCUT2D eigenvalue weighted by atomic mass is 19.3. The highest BCUT2D eigenvalue weighted by Crippen LogP contribution is 2.12. The molecule has 1 rings (SSSR count). The van der Waals surface area contributed by atoms with Gasteiger partial charge in [0.2, 0.25) is 5.88 Å². The summed E-state index contributed by atoms with van der Waals surface area (Å²) in [6, 6.07) is 1.33. The maximum atomic E-state index is 12.7. The van der Waals surface area contributed by atoms with Gasteiger partial charge in [0, 0.05) is 13.1 Å². The van der Waals surface area contributed by atoms with E-state index >= 15 is 0 Å². The molecule has 0 spiro atoms. The van der Waals surface area contributed by atoms with Gasteiger partial charge in [-0.1, -0.05) is 0 Å². The van der Waals surface area contributed by atoms with E-state index in [9.17, 15) is 13.6 Å². The molecule has 0 bridgehead atoms. The number of carbonyl (C=O) groups excluding carboxylic acids is 1. The summed E-state index contributed by atoms with van der Waals surface area (Å²) in [6.07, 6.45) is 0. The molecule has 1 aromatic heterocycles. The maximum absolute atomic E-state index is 12.7. The number of halogens is 2. The number of nitrogens with one attached hydrogen (secondary N) is 1. The van der Waals surface area contributed by atoms with Crippen LogP contribution in [-0.4, -0.2) is 47.0 Å². The summed E-state index contributed by atoms with van der Waals surface area (Å²) in [7, 11) is 2.95. The first-order valence-electron chi connectivity index (χ1n) is 4.74. The molecule has 0 saturated heterocycles. The number of alkyl halides is 2. The monoisotopic (exact) mass is 249 g/mol. The minimum atomic E-state index is -3.34. The van der Waals surface area contributed by atoms with E-state index in [0.717, 1.165) is 0 Å². The van der Waals surface area contributed by atoms with E-state index in [0.29, 0.717) is 5.88 Å². The number of rotatable bonds is 5. The molecular weight excluding hydrogens is 236 g/mol. The molecule has 1 amide bonds. The molecule has 1 heterocycles. The Hall–Kier alpha value is -1.70. The van der Waals surface area contributed by atoms with Crippen LogP contribution in [0.25, 0.3) is 0 Å². The average Bonchev–Trinajstić information content (AvgIpc) is 2.67. The topological polar surface area (TPSA) is 76.4 Å². The number of aryl methyl sites for hydroxylation is 1. The molecule has 0 fully saturated rings. The van der Waals surface area contributed by atoms with Crippen molar-refractivity contribution in [2.45, 2.75) is 5.92 Å². The van der Waals surface area contributed by atoms with Crippen LogP contribution in [-0.2, 0) is 7.05 Å². The first-order valence-corrected chi connectivity index (χ1v) is 4.74. The lowest BCUT2D eigenvalue weighted by Crippen LogP contribution is -2.39. The van der Waals surface area contributed by atoms with Crippen molar-refractivity contribution in [3.8, 4) is 5.88 Å². The van der Waals surface area contributed by atoms with Crippen molar-refractivity contribution in [3.63, 3.8) is 0 Å². The minimum absolute atomic E-state index is 0.0295. The highest BCUT2D eigenvalue weighted by molar-refractivity contribution is 5.92. The van der Waals surface area contributed by atoms with Gasteiger partial charge < -0.3 is 15.2 Å². The fraction of sp³-hybridized carbons (Fsp3) is 0.556. The number of amides is 1. The van der Waals surface area contributed by atoms with Crippen molar-refractivity contribution in [2.75, 3.05) is 20.3 Å². The van der Waals surface area contributed by atoms with Crippen LogP contribution in [0.1, 0.15) is 10.5 Å². The normalized spacial score (nSPS) is 11.4. The zero-order valence-electron chi connectivity index (χ0n) is 9.41. The highest BCUT2D eigenvalue weighted by Gasteiger charge is 2.28. The smallest absolute Gasteiger partial charge is 0.287 e. The van der Waals surface area contributed by atoms with Gasteiger partial charge in [0.05, 0.1) is 13.7 Å². The quantitative estimate of drug-likeness (QED) is 0.756. The molecule has 17 heavy (non-hydrogen) atoms. The van der Waals surface area contributed by atoms with Gasteiger partial charge in [-0.05, 0) is 0 Å². The Kier molecular flexibility index (Phi) is 4.00. The Morgan fingerprint density at radius 3 is 2.82 bits per heavy atom. The molecular formula is C9H13F2N3O3. The summed E-state index contributed by atoms with van der Waals surface area (Å²) < 4.78 is 31.5. The Balaban J connectivity index is 2.64. The van der Waals surface area contributed by atoms with Gasteiger partial charge in [0.1, 0.15) is 6.61 Å². The fourth-order valence-electron chi connectivity index (χ4n) is 1.11. The molecule has 0 aliphatic rings. The molecule has 0 aliphatic heterocycles. The predicted molar refractivity (Wildman–Crippen MR) is 54.1 cm³/mol. The van der Waals surface area contributed by atoms with Crippen molar-refractivity contribution in [1.82, 2.24) is 15.1 Å². The second kappa shape index (κ2) is 5.09. The molecule has 0 atom stereocenters. The summed E-state index contributed by atoms with van der Waals surface area (Å²) in [4.78, 5) is 11.4. The van der Waals surface area contributed by atoms with Gasteiger partial charge in [-0.2, -0.15) is 5.10 Å². The lowest BCUT2D eigenvalue weighted by atomic mass is 10.3. The van der Waals surface area contributed by atoms with Crippen molar-refractivity contribution in [3.05, 3.63) is 11.8 Å². The van der Waals surface area contributed by atoms with Crippen LogP contribution in [0.15, 0.2) is 6.07 Å². The predicted octanol–water partition coefficient (Wildman–Crippen LogP) is -0.214. The third-order valence-electron chi connectivity index (χ3n) is 2.02. The number of carbonyl (C=O) groups is 1. The average molecular weight is 249 g/mol. The Morgan fingerprint density at radius 2 is 2.35 bits per heavy atom. The molecule has 0 aromatic carbocycles. The van der Waals surface area contributed by atoms with Gasteiger partial charge in [-0.15, -0.1) is 0 Å². The van der Waals surface area contributed by atoms with Crippen LogP contribution in [0.4, 0.5) is 8.78 Å². The number of methoxy groups -OCH3 is 1. The summed E-state index contributed by atoms with van der Waals surface area (Å²) in [5.74, 6) is -3.75. The summed E-state index contributed by atoms with van der Waals surface area (Å²) in [6.45, 7) is -2.26. The summed E-state index contributed by atoms with van der Waals surface area (Å²) in [5.41, 5.74) is -0.0295. The lowest BCUT2D eigenvalue weighted by Gasteiger charge is -2.12. The van der Waals surface area contributed by atoms with Crippen molar-refractivity contribution < 1.29 is 23.4 Å².